The number of aromatic nitrogens is 1. The first-order valence-electron chi connectivity index (χ1n) is 13.2. The average Bonchev–Trinajstić information content (AvgIpc) is 3.31. The summed E-state index contributed by atoms with van der Waals surface area (Å²) >= 11 is 0. The fourth-order valence-electron chi connectivity index (χ4n) is 5.34. The maximum Gasteiger partial charge on any atom is 0.268 e. The molecule has 0 bridgehead atoms. The van der Waals surface area contributed by atoms with Gasteiger partial charge in [0.05, 0.1) is 22.0 Å². The predicted molar refractivity (Wildman–Crippen MR) is 167 cm³/mol. The van der Waals surface area contributed by atoms with Crippen molar-refractivity contribution in [2.75, 3.05) is 23.3 Å². The highest BCUT2D eigenvalue weighted by Gasteiger charge is 2.33. The first kappa shape index (κ1) is 25.7. The van der Waals surface area contributed by atoms with Crippen molar-refractivity contribution in [2.45, 2.75) is 18.7 Å². The number of rotatable bonds is 6. The first-order chi connectivity index (χ1) is 19.3. The van der Waals surface area contributed by atoms with Crippen LogP contribution in [0.1, 0.15) is 11.1 Å². The molecule has 1 heterocycles. The van der Waals surface area contributed by atoms with Crippen LogP contribution in [0.25, 0.3) is 32.9 Å². The molecule has 6 rings (SSSR count). The maximum absolute atomic E-state index is 14.8. The van der Waals surface area contributed by atoms with Gasteiger partial charge in [0.1, 0.15) is 0 Å². The molecule has 1 N–H and O–H groups in total. The van der Waals surface area contributed by atoms with Crippen molar-refractivity contribution >= 4 is 48.8 Å². The van der Waals surface area contributed by atoms with Crippen LogP contribution < -0.4 is 9.21 Å². The zero-order valence-electron chi connectivity index (χ0n) is 23.0. The van der Waals surface area contributed by atoms with Crippen molar-refractivity contribution in [1.29, 1.82) is 0 Å². The number of H-pyrrole nitrogens is 1. The fraction of sp³-hybridized carbons (Fsp3) is 0.118. The Labute approximate surface area is 235 Å². The summed E-state index contributed by atoms with van der Waals surface area (Å²) in [5.41, 5.74) is 6.80. The number of nitrogens with one attached hydrogen (secondary N) is 1. The van der Waals surface area contributed by atoms with Crippen molar-refractivity contribution in [3.63, 3.8) is 0 Å². The summed E-state index contributed by atoms with van der Waals surface area (Å²) in [6.45, 7) is 3.98. The van der Waals surface area contributed by atoms with Gasteiger partial charge in [0.15, 0.2) is 0 Å². The highest BCUT2D eigenvalue weighted by atomic mass is 32.2. The molecule has 0 atom stereocenters. The van der Waals surface area contributed by atoms with E-state index in [0.717, 1.165) is 49.7 Å². The minimum atomic E-state index is -4.05. The Morgan fingerprint density at radius 1 is 0.625 bits per heavy atom. The second-order valence-electron chi connectivity index (χ2n) is 10.4. The summed E-state index contributed by atoms with van der Waals surface area (Å²) in [5.74, 6) is 0. The minimum absolute atomic E-state index is 0.236. The van der Waals surface area contributed by atoms with E-state index in [1.54, 1.807) is 16.4 Å². The van der Waals surface area contributed by atoms with Crippen molar-refractivity contribution in [2.24, 2.45) is 0 Å². The highest BCUT2D eigenvalue weighted by Crippen LogP contribution is 2.47. The second kappa shape index (κ2) is 9.88. The Kier molecular flexibility index (Phi) is 6.35. The summed E-state index contributed by atoms with van der Waals surface area (Å²) in [6, 6.07) is 35.0. The van der Waals surface area contributed by atoms with Gasteiger partial charge in [-0.25, -0.2) is 12.7 Å². The van der Waals surface area contributed by atoms with E-state index in [9.17, 15) is 8.42 Å². The third-order valence-electron chi connectivity index (χ3n) is 7.33. The lowest BCUT2D eigenvalue weighted by Gasteiger charge is -2.28. The van der Waals surface area contributed by atoms with E-state index in [2.05, 4.69) is 16.0 Å². The Balaban J connectivity index is 1.76. The zero-order chi connectivity index (χ0) is 28.0. The molecule has 1 aromatic heterocycles. The molecule has 0 aliphatic rings. The normalized spacial score (nSPS) is 11.7. The molecule has 6 aromatic rings. The van der Waals surface area contributed by atoms with Crippen LogP contribution >= 0.6 is 0 Å². The lowest BCUT2D eigenvalue weighted by atomic mass is 10.0. The zero-order valence-corrected chi connectivity index (χ0v) is 23.8. The predicted octanol–water partition coefficient (Wildman–Crippen LogP) is 8.20. The van der Waals surface area contributed by atoms with Gasteiger partial charge in [-0.05, 0) is 50.2 Å². The number of benzene rings is 5. The molecule has 0 saturated heterocycles. The van der Waals surface area contributed by atoms with E-state index in [0.29, 0.717) is 11.4 Å². The molecule has 0 aliphatic carbocycles. The van der Waals surface area contributed by atoms with Crippen LogP contribution in [0.5, 0.6) is 0 Å². The molecule has 6 heteroatoms. The number of aryl methyl sites for hydroxylation is 2. The van der Waals surface area contributed by atoms with Crippen molar-refractivity contribution < 1.29 is 8.42 Å². The van der Waals surface area contributed by atoms with Crippen LogP contribution in [0.4, 0.5) is 17.1 Å². The lowest BCUT2D eigenvalue weighted by molar-refractivity contribution is 0.596. The third-order valence-corrected chi connectivity index (χ3v) is 9.06. The smallest absolute Gasteiger partial charge is 0.268 e. The second-order valence-corrected chi connectivity index (χ2v) is 12.2. The number of sulfonamides is 1. The number of fused-ring (bicyclic) bond motifs is 2. The molecule has 0 spiro atoms. The van der Waals surface area contributed by atoms with E-state index in [1.165, 1.54) is 0 Å². The van der Waals surface area contributed by atoms with Crippen molar-refractivity contribution in [3.05, 3.63) is 120 Å². The molecule has 0 unspecified atom stereocenters. The van der Waals surface area contributed by atoms with Gasteiger partial charge in [-0.15, -0.1) is 0 Å². The van der Waals surface area contributed by atoms with Crippen LogP contribution in [0, 0.1) is 13.8 Å². The number of hydrogen-bond acceptors (Lipinski definition) is 3. The summed E-state index contributed by atoms with van der Waals surface area (Å²) in [6.07, 6.45) is 0. The van der Waals surface area contributed by atoms with Crippen LogP contribution in [-0.4, -0.2) is 27.5 Å². The van der Waals surface area contributed by atoms with Gasteiger partial charge in [-0.1, -0.05) is 83.9 Å². The van der Waals surface area contributed by atoms with Gasteiger partial charge in [0, 0.05) is 47.0 Å². The third kappa shape index (κ3) is 4.31. The van der Waals surface area contributed by atoms with E-state index >= 15 is 0 Å². The molecule has 5 nitrogen and oxygen atoms in total. The Bertz CT molecular complexity index is 1960. The molecule has 200 valence electrons. The van der Waals surface area contributed by atoms with Gasteiger partial charge in [-0.2, -0.15) is 0 Å². The molecule has 0 radical (unpaired) electrons. The average molecular weight is 546 g/mol. The van der Waals surface area contributed by atoms with Gasteiger partial charge in [0.2, 0.25) is 0 Å². The molecule has 0 amide bonds. The number of hydrogen-bond donors (Lipinski definition) is 1. The maximum atomic E-state index is 14.8. The monoisotopic (exact) mass is 545 g/mol. The summed E-state index contributed by atoms with van der Waals surface area (Å²) in [4.78, 5) is 5.84. The summed E-state index contributed by atoms with van der Waals surface area (Å²) in [7, 11) is -0.0570. The first-order valence-corrected chi connectivity index (χ1v) is 14.7. The van der Waals surface area contributed by atoms with Gasteiger partial charge in [-0.3, -0.25) is 0 Å². The Morgan fingerprint density at radius 2 is 1.23 bits per heavy atom. The van der Waals surface area contributed by atoms with Crippen LogP contribution in [0.3, 0.4) is 0 Å². The molecular formula is C34H31N3O2S. The van der Waals surface area contributed by atoms with E-state index in [1.807, 2.05) is 119 Å². The number of nitrogens with zero attached hydrogens (tertiary/aromatic N) is 2. The van der Waals surface area contributed by atoms with Gasteiger partial charge >= 0.3 is 0 Å². The number of anilines is 3. The number of aromatic amines is 1. The highest BCUT2D eigenvalue weighted by molar-refractivity contribution is 7.93. The molecule has 0 fully saturated rings. The standard InChI is InChI=1S/C34H31N3O2S/c1-23-14-17-26(18-15-23)40(38,39)37(32-21-20-31(36(3)4)27-12-8-9-13-28(27)32)34-29-22-24(2)16-19-30(29)35-33(34)25-10-6-5-7-11-25/h5-22,35H,1-4H3. The summed E-state index contributed by atoms with van der Waals surface area (Å²) < 4.78 is 31.2. The Hall–Kier alpha value is -4.55. The van der Waals surface area contributed by atoms with E-state index < -0.39 is 10.0 Å². The van der Waals surface area contributed by atoms with E-state index in [4.69, 9.17) is 0 Å². The quantitative estimate of drug-likeness (QED) is 0.229. The van der Waals surface area contributed by atoms with Crippen molar-refractivity contribution in [3.8, 4) is 11.3 Å². The SMILES string of the molecule is Cc1ccc(S(=O)(=O)N(c2c(-c3ccccc3)[nH]c3ccc(C)cc23)c2ccc(N(C)C)c3ccccc23)cc1. The van der Waals surface area contributed by atoms with Crippen molar-refractivity contribution in [1.82, 2.24) is 4.98 Å². The van der Waals surface area contributed by atoms with Gasteiger partial charge < -0.3 is 9.88 Å². The van der Waals surface area contributed by atoms with Crippen LogP contribution in [0.2, 0.25) is 0 Å². The lowest BCUT2D eigenvalue weighted by Crippen LogP contribution is -2.27. The largest absolute Gasteiger partial charge is 0.377 e. The van der Waals surface area contributed by atoms with Crippen LogP contribution in [0.15, 0.2) is 114 Å². The van der Waals surface area contributed by atoms with Gasteiger partial charge in [0.25, 0.3) is 10.0 Å². The molecule has 40 heavy (non-hydrogen) atoms. The molecule has 0 aliphatic heterocycles. The Morgan fingerprint density at radius 3 is 1.90 bits per heavy atom. The molecule has 5 aromatic carbocycles. The molecular weight excluding hydrogens is 514 g/mol. The van der Waals surface area contributed by atoms with Crippen LogP contribution in [-0.2, 0) is 10.0 Å². The fourth-order valence-corrected chi connectivity index (χ4v) is 6.88. The van der Waals surface area contributed by atoms with E-state index in [-0.39, 0.29) is 4.90 Å². The summed E-state index contributed by atoms with van der Waals surface area (Å²) in [5, 5.41) is 2.67. The topological polar surface area (TPSA) is 56.4 Å². The minimum Gasteiger partial charge on any atom is -0.377 e. The molecule has 0 saturated carbocycles.